The molecule has 0 atom stereocenters. The molecule has 3 rings (SSSR count). The van der Waals surface area contributed by atoms with Gasteiger partial charge in [-0.3, -0.25) is 0 Å². The summed E-state index contributed by atoms with van der Waals surface area (Å²) in [5.74, 6) is 0.916. The van der Waals surface area contributed by atoms with Gasteiger partial charge in [-0.25, -0.2) is 9.79 Å². The average molecular weight is 372 g/mol. The number of ether oxygens (including phenoxy) is 3. The van der Waals surface area contributed by atoms with E-state index in [1.165, 1.54) is 0 Å². The van der Waals surface area contributed by atoms with E-state index in [-0.39, 0.29) is 11.6 Å². The maximum Gasteiger partial charge on any atom is 0.363 e. The molecule has 0 aliphatic carbocycles. The minimum absolute atomic E-state index is 0.174. The summed E-state index contributed by atoms with van der Waals surface area (Å²) in [5.41, 5.74) is 1.46. The van der Waals surface area contributed by atoms with Crippen LogP contribution in [-0.4, -0.2) is 25.1 Å². The van der Waals surface area contributed by atoms with Crippen LogP contribution >= 0.6 is 11.6 Å². The van der Waals surface area contributed by atoms with Crippen molar-refractivity contribution < 1.29 is 19.0 Å². The zero-order valence-corrected chi connectivity index (χ0v) is 15.2. The Labute approximate surface area is 156 Å². The van der Waals surface area contributed by atoms with E-state index in [4.69, 9.17) is 25.8 Å². The number of benzene rings is 2. The van der Waals surface area contributed by atoms with E-state index in [1.807, 2.05) is 32.0 Å². The van der Waals surface area contributed by atoms with E-state index in [0.717, 1.165) is 0 Å². The fourth-order valence-corrected chi connectivity index (χ4v) is 2.71. The van der Waals surface area contributed by atoms with E-state index < -0.39 is 5.97 Å². The maximum atomic E-state index is 12.3. The Morgan fingerprint density at radius 1 is 1.08 bits per heavy atom. The first kappa shape index (κ1) is 18.0. The second kappa shape index (κ2) is 8.06. The number of nitrogens with zero attached hydrogens (tertiary/aromatic N) is 1. The van der Waals surface area contributed by atoms with Crippen molar-refractivity contribution in [3.05, 3.63) is 64.3 Å². The Hall–Kier alpha value is -2.79. The van der Waals surface area contributed by atoms with Crippen LogP contribution in [-0.2, 0) is 9.53 Å². The van der Waals surface area contributed by atoms with Crippen LogP contribution in [0.15, 0.2) is 53.2 Å². The topological polar surface area (TPSA) is 57.1 Å². The van der Waals surface area contributed by atoms with Crippen molar-refractivity contribution in [3.8, 4) is 11.5 Å². The van der Waals surface area contributed by atoms with Gasteiger partial charge in [0.1, 0.15) is 11.5 Å². The molecule has 134 valence electrons. The van der Waals surface area contributed by atoms with Crippen LogP contribution in [0.2, 0.25) is 5.02 Å². The van der Waals surface area contributed by atoms with Gasteiger partial charge in [0.2, 0.25) is 5.90 Å². The van der Waals surface area contributed by atoms with Gasteiger partial charge in [0.15, 0.2) is 5.70 Å². The molecule has 2 aromatic rings. The zero-order valence-electron chi connectivity index (χ0n) is 14.5. The molecule has 5 nitrogen and oxygen atoms in total. The number of cyclic esters (lactones) is 1. The lowest BCUT2D eigenvalue weighted by molar-refractivity contribution is -0.129. The first-order valence-corrected chi connectivity index (χ1v) is 8.67. The van der Waals surface area contributed by atoms with Gasteiger partial charge in [0.05, 0.1) is 18.8 Å². The molecule has 0 spiro atoms. The van der Waals surface area contributed by atoms with Gasteiger partial charge in [-0.1, -0.05) is 23.7 Å². The van der Waals surface area contributed by atoms with E-state index in [1.54, 1.807) is 30.3 Å². The summed E-state index contributed by atoms with van der Waals surface area (Å²) < 4.78 is 16.6. The third kappa shape index (κ3) is 3.89. The average Bonchev–Trinajstić information content (AvgIpc) is 2.99. The predicted molar refractivity (Wildman–Crippen MR) is 101 cm³/mol. The Morgan fingerprint density at radius 3 is 2.35 bits per heavy atom. The van der Waals surface area contributed by atoms with Crippen LogP contribution in [0.1, 0.15) is 25.0 Å². The summed E-state index contributed by atoms with van der Waals surface area (Å²) in [5, 5.41) is 0.541. The summed E-state index contributed by atoms with van der Waals surface area (Å²) in [6, 6.07) is 12.5. The van der Waals surface area contributed by atoms with Crippen molar-refractivity contribution in [1.82, 2.24) is 0 Å². The molecule has 0 bridgehead atoms. The zero-order chi connectivity index (χ0) is 18.5. The van der Waals surface area contributed by atoms with Crippen molar-refractivity contribution in [2.75, 3.05) is 13.2 Å². The number of hydrogen-bond donors (Lipinski definition) is 0. The summed E-state index contributed by atoms with van der Waals surface area (Å²) in [6.45, 7) is 4.77. The normalized spacial score (nSPS) is 15.0. The lowest BCUT2D eigenvalue weighted by atomic mass is 10.1. The molecule has 0 aromatic heterocycles. The lowest BCUT2D eigenvalue weighted by Gasteiger charge is -2.12. The number of esters is 1. The third-order valence-corrected chi connectivity index (χ3v) is 3.83. The van der Waals surface area contributed by atoms with E-state index in [9.17, 15) is 4.79 Å². The minimum atomic E-state index is -0.534. The number of rotatable bonds is 6. The van der Waals surface area contributed by atoms with Crippen molar-refractivity contribution in [1.29, 1.82) is 0 Å². The van der Waals surface area contributed by atoms with Crippen molar-refractivity contribution in [2.24, 2.45) is 4.99 Å². The first-order valence-electron chi connectivity index (χ1n) is 8.29. The summed E-state index contributed by atoms with van der Waals surface area (Å²) >= 11 is 5.99. The minimum Gasteiger partial charge on any atom is -0.493 e. The molecule has 0 saturated carbocycles. The monoisotopic (exact) mass is 371 g/mol. The second-order valence-corrected chi connectivity index (χ2v) is 5.82. The highest BCUT2D eigenvalue weighted by molar-refractivity contribution is 6.31. The molecule has 0 fully saturated rings. The van der Waals surface area contributed by atoms with Crippen molar-refractivity contribution in [3.63, 3.8) is 0 Å². The van der Waals surface area contributed by atoms with Crippen molar-refractivity contribution >= 4 is 29.5 Å². The number of hydrogen-bond acceptors (Lipinski definition) is 5. The predicted octanol–water partition coefficient (Wildman–Crippen LogP) is 4.48. The van der Waals surface area contributed by atoms with Gasteiger partial charge < -0.3 is 14.2 Å². The number of carbonyl (C=O) groups is 1. The second-order valence-electron chi connectivity index (χ2n) is 5.38. The molecule has 0 radical (unpaired) electrons. The Bertz CT molecular complexity index is 865. The molecule has 1 aliphatic heterocycles. The maximum absolute atomic E-state index is 12.3. The van der Waals surface area contributed by atoms with Gasteiger partial charge in [-0.05, 0) is 50.3 Å². The molecule has 0 N–H and O–H groups in total. The highest BCUT2D eigenvalue weighted by Crippen LogP contribution is 2.32. The first-order chi connectivity index (χ1) is 12.6. The van der Waals surface area contributed by atoms with Crippen molar-refractivity contribution in [2.45, 2.75) is 13.8 Å². The highest BCUT2D eigenvalue weighted by Gasteiger charge is 2.25. The smallest absolute Gasteiger partial charge is 0.363 e. The van der Waals surface area contributed by atoms with Crippen LogP contribution in [0, 0.1) is 0 Å². The fraction of sp³-hybridized carbons (Fsp3) is 0.200. The van der Waals surface area contributed by atoms with Gasteiger partial charge in [0.25, 0.3) is 0 Å². The fourth-order valence-electron chi connectivity index (χ4n) is 2.52. The number of halogens is 1. The quantitative estimate of drug-likeness (QED) is 0.555. The number of carbonyl (C=O) groups excluding carboxylic acids is 1. The molecule has 6 heteroatoms. The van der Waals surface area contributed by atoms with Gasteiger partial charge in [-0.15, -0.1) is 0 Å². The van der Waals surface area contributed by atoms with Gasteiger partial charge >= 0.3 is 5.97 Å². The Kier molecular flexibility index (Phi) is 5.58. The summed E-state index contributed by atoms with van der Waals surface area (Å²) in [6.07, 6.45) is 1.62. The van der Waals surface area contributed by atoms with Crippen LogP contribution in [0.3, 0.4) is 0 Å². The summed E-state index contributed by atoms with van der Waals surface area (Å²) in [7, 11) is 0. The molecule has 1 heterocycles. The Morgan fingerprint density at radius 2 is 1.73 bits per heavy atom. The van der Waals surface area contributed by atoms with Crippen LogP contribution < -0.4 is 9.47 Å². The van der Waals surface area contributed by atoms with Crippen LogP contribution in [0.25, 0.3) is 6.08 Å². The van der Waals surface area contributed by atoms with E-state index in [2.05, 4.69) is 4.99 Å². The lowest BCUT2D eigenvalue weighted by Crippen LogP contribution is -2.05. The van der Waals surface area contributed by atoms with Crippen LogP contribution in [0.5, 0.6) is 11.5 Å². The Balaban J connectivity index is 2.02. The summed E-state index contributed by atoms with van der Waals surface area (Å²) in [4.78, 5) is 16.6. The SMILES string of the molecule is CCOc1cccc(OCC)c1/C=C1/N=C(c2cccc(Cl)c2)OC1=O. The third-order valence-electron chi connectivity index (χ3n) is 3.60. The molecule has 26 heavy (non-hydrogen) atoms. The standard InChI is InChI=1S/C20H18ClNO4/c1-3-24-17-9-6-10-18(25-4-2)15(17)12-16-20(23)26-19(22-16)13-7-5-8-14(21)11-13/h5-12H,3-4H2,1-2H3/b16-12+. The molecule has 1 aliphatic rings. The molecular weight excluding hydrogens is 354 g/mol. The largest absolute Gasteiger partial charge is 0.493 e. The van der Waals surface area contributed by atoms with Gasteiger partial charge in [-0.2, -0.15) is 0 Å². The molecule has 0 unspecified atom stereocenters. The van der Waals surface area contributed by atoms with E-state index in [0.29, 0.717) is 40.9 Å². The molecule has 0 amide bonds. The number of aliphatic imine (C=N–C) groups is 1. The molecule has 2 aromatic carbocycles. The van der Waals surface area contributed by atoms with E-state index >= 15 is 0 Å². The van der Waals surface area contributed by atoms with Gasteiger partial charge in [0, 0.05) is 10.6 Å². The van der Waals surface area contributed by atoms with Crippen LogP contribution in [0.4, 0.5) is 0 Å². The highest BCUT2D eigenvalue weighted by atomic mass is 35.5. The molecule has 0 saturated heterocycles. The molecular formula is C20H18ClNO4.